The summed E-state index contributed by atoms with van der Waals surface area (Å²) in [6, 6.07) is 18.4. The van der Waals surface area contributed by atoms with Gasteiger partial charge in [-0.25, -0.2) is 8.42 Å². The van der Waals surface area contributed by atoms with Crippen molar-refractivity contribution in [2.45, 2.75) is 4.90 Å². The third-order valence-electron chi connectivity index (χ3n) is 4.11. The Hall–Kier alpha value is -2.83. The van der Waals surface area contributed by atoms with Crippen LogP contribution in [0.15, 0.2) is 76.4 Å². The number of anilines is 1. The summed E-state index contributed by atoms with van der Waals surface area (Å²) in [5.41, 5.74) is 0.835. The quantitative estimate of drug-likeness (QED) is 0.521. The number of aromatic amines is 1. The van der Waals surface area contributed by atoms with E-state index in [4.69, 9.17) is 11.6 Å². The number of sulfonamides is 1. The molecule has 0 amide bonds. The smallest absolute Gasteiger partial charge is 0.263 e. The van der Waals surface area contributed by atoms with Gasteiger partial charge in [0.15, 0.2) is 0 Å². The lowest BCUT2D eigenvalue weighted by molar-refractivity contribution is 0.601. The van der Waals surface area contributed by atoms with Gasteiger partial charge in [-0.05, 0) is 41.8 Å². The third-order valence-corrected chi connectivity index (χ3v) is 5.99. The molecule has 0 saturated heterocycles. The fraction of sp³-hybridized carbons (Fsp3) is 0. The maximum absolute atomic E-state index is 12.6. The van der Waals surface area contributed by atoms with Crippen molar-refractivity contribution in [1.82, 2.24) is 4.98 Å². The molecular weight excluding hydrogens is 372 g/mol. The second-order valence-corrected chi connectivity index (χ2v) is 7.85. The molecule has 1 heterocycles. The topological polar surface area (TPSA) is 79.0 Å². The summed E-state index contributed by atoms with van der Waals surface area (Å²) in [4.78, 5) is 15.0. The third kappa shape index (κ3) is 2.83. The fourth-order valence-corrected chi connectivity index (χ4v) is 4.49. The van der Waals surface area contributed by atoms with Crippen LogP contribution in [0.5, 0.6) is 0 Å². The van der Waals surface area contributed by atoms with Crippen LogP contribution in [0.25, 0.3) is 21.7 Å². The van der Waals surface area contributed by atoms with E-state index in [1.807, 2.05) is 12.1 Å². The summed E-state index contributed by atoms with van der Waals surface area (Å²) < 4.78 is 27.8. The highest BCUT2D eigenvalue weighted by molar-refractivity contribution is 7.92. The molecule has 0 bridgehead atoms. The maximum Gasteiger partial charge on any atom is 0.263 e. The minimum absolute atomic E-state index is 0.00749. The molecule has 0 aliphatic carbocycles. The van der Waals surface area contributed by atoms with E-state index in [-0.39, 0.29) is 15.5 Å². The van der Waals surface area contributed by atoms with Crippen molar-refractivity contribution < 1.29 is 8.42 Å². The first-order valence-electron chi connectivity index (χ1n) is 7.78. The number of H-pyrrole nitrogens is 1. The number of rotatable bonds is 3. The Kier molecular flexibility index (Phi) is 3.94. The Balaban J connectivity index is 1.86. The van der Waals surface area contributed by atoms with Crippen LogP contribution in [0, 0.1) is 0 Å². The predicted octanol–water partition coefficient (Wildman–Crippen LogP) is 4.14. The molecule has 5 nitrogen and oxygen atoms in total. The van der Waals surface area contributed by atoms with E-state index in [1.165, 1.54) is 12.1 Å². The number of halogens is 1. The Bertz CT molecular complexity index is 1310. The first-order chi connectivity index (χ1) is 12.5. The van der Waals surface area contributed by atoms with Gasteiger partial charge in [0.2, 0.25) is 0 Å². The molecule has 0 fully saturated rings. The van der Waals surface area contributed by atoms with Gasteiger partial charge in [0.05, 0.1) is 5.02 Å². The molecule has 1 aromatic heterocycles. The van der Waals surface area contributed by atoms with Crippen LogP contribution in [0.3, 0.4) is 0 Å². The lowest BCUT2D eigenvalue weighted by Gasteiger charge is -2.11. The highest BCUT2D eigenvalue weighted by Gasteiger charge is 2.18. The minimum atomic E-state index is -3.83. The average molecular weight is 385 g/mol. The zero-order chi connectivity index (χ0) is 18.3. The zero-order valence-corrected chi connectivity index (χ0v) is 14.9. The molecule has 0 unspecified atom stereocenters. The molecule has 0 aliphatic heterocycles. The summed E-state index contributed by atoms with van der Waals surface area (Å²) >= 11 is 6.01. The Morgan fingerprint density at radius 1 is 0.846 bits per heavy atom. The molecule has 0 atom stereocenters. The van der Waals surface area contributed by atoms with E-state index in [9.17, 15) is 13.2 Å². The van der Waals surface area contributed by atoms with Crippen LogP contribution < -0.4 is 10.3 Å². The Morgan fingerprint density at radius 3 is 2.31 bits per heavy atom. The minimum Gasteiger partial charge on any atom is -0.321 e. The lowest BCUT2D eigenvalue weighted by Crippen LogP contribution is -2.13. The van der Waals surface area contributed by atoms with Crippen molar-refractivity contribution in [2.24, 2.45) is 0 Å². The normalized spacial score (nSPS) is 11.7. The van der Waals surface area contributed by atoms with Gasteiger partial charge in [-0.3, -0.25) is 9.52 Å². The van der Waals surface area contributed by atoms with Crippen molar-refractivity contribution in [3.05, 3.63) is 82.1 Å². The number of nitrogens with one attached hydrogen (secondary N) is 2. The van der Waals surface area contributed by atoms with E-state index in [0.717, 1.165) is 10.8 Å². The summed E-state index contributed by atoms with van der Waals surface area (Å²) in [6.07, 6.45) is 0. The molecule has 0 radical (unpaired) electrons. The van der Waals surface area contributed by atoms with Crippen LogP contribution in [0.1, 0.15) is 0 Å². The second-order valence-electron chi connectivity index (χ2n) is 5.80. The molecule has 2 N–H and O–H groups in total. The summed E-state index contributed by atoms with van der Waals surface area (Å²) in [5.74, 6) is 0. The standard InChI is InChI=1S/C19H13ClN2O3S/c20-16-7-3-4-8-18(16)26(24,25)22-12-9-10-17-15(11-12)13-5-1-2-6-14(13)19(23)21-17/h1-11,22H,(H,21,23). The van der Waals surface area contributed by atoms with Crippen LogP contribution >= 0.6 is 11.6 Å². The first kappa shape index (κ1) is 16.6. The highest BCUT2D eigenvalue weighted by Crippen LogP contribution is 2.27. The molecule has 4 aromatic rings. The Morgan fingerprint density at radius 2 is 1.54 bits per heavy atom. The van der Waals surface area contributed by atoms with Gasteiger partial charge in [-0.15, -0.1) is 0 Å². The van der Waals surface area contributed by atoms with Crippen molar-refractivity contribution in [1.29, 1.82) is 0 Å². The first-order valence-corrected chi connectivity index (χ1v) is 9.64. The second kappa shape index (κ2) is 6.16. The lowest BCUT2D eigenvalue weighted by atomic mass is 10.1. The van der Waals surface area contributed by atoms with Crippen molar-refractivity contribution >= 4 is 49.0 Å². The van der Waals surface area contributed by atoms with E-state index >= 15 is 0 Å². The maximum atomic E-state index is 12.6. The van der Waals surface area contributed by atoms with Gasteiger partial charge >= 0.3 is 0 Å². The average Bonchev–Trinajstić information content (AvgIpc) is 2.62. The fourth-order valence-electron chi connectivity index (χ4n) is 2.92. The Labute approximate surface area is 154 Å². The van der Waals surface area contributed by atoms with Gasteiger partial charge in [-0.1, -0.05) is 41.9 Å². The van der Waals surface area contributed by atoms with E-state index in [2.05, 4.69) is 9.71 Å². The van der Waals surface area contributed by atoms with Gasteiger partial charge in [0.25, 0.3) is 15.6 Å². The van der Waals surface area contributed by atoms with Crippen molar-refractivity contribution in [3.8, 4) is 0 Å². The number of benzene rings is 3. The summed E-state index contributed by atoms with van der Waals surface area (Å²) in [7, 11) is -3.83. The summed E-state index contributed by atoms with van der Waals surface area (Å²) in [6.45, 7) is 0. The molecule has 4 rings (SSSR count). The van der Waals surface area contributed by atoms with Gasteiger partial charge in [0.1, 0.15) is 4.90 Å². The molecule has 0 aliphatic rings. The monoisotopic (exact) mass is 384 g/mol. The number of pyridine rings is 1. The SMILES string of the molecule is O=c1[nH]c2ccc(NS(=O)(=O)c3ccccc3Cl)cc2c2ccccc12. The van der Waals surface area contributed by atoms with Crippen LogP contribution in [-0.2, 0) is 10.0 Å². The largest absolute Gasteiger partial charge is 0.321 e. The number of fused-ring (bicyclic) bond motifs is 3. The van der Waals surface area contributed by atoms with Crippen molar-refractivity contribution in [2.75, 3.05) is 4.72 Å². The number of aromatic nitrogens is 1. The van der Waals surface area contributed by atoms with Crippen molar-refractivity contribution in [3.63, 3.8) is 0 Å². The van der Waals surface area contributed by atoms with Gasteiger partial charge < -0.3 is 4.98 Å². The number of hydrogen-bond acceptors (Lipinski definition) is 3. The molecular formula is C19H13ClN2O3S. The van der Waals surface area contributed by atoms with Crippen LogP contribution in [0.2, 0.25) is 5.02 Å². The van der Waals surface area contributed by atoms with Gasteiger partial charge in [-0.2, -0.15) is 0 Å². The van der Waals surface area contributed by atoms with E-state index in [1.54, 1.807) is 42.5 Å². The molecule has 130 valence electrons. The molecule has 7 heteroatoms. The van der Waals surface area contributed by atoms with E-state index < -0.39 is 10.0 Å². The zero-order valence-electron chi connectivity index (χ0n) is 13.4. The molecule has 0 saturated carbocycles. The highest BCUT2D eigenvalue weighted by atomic mass is 35.5. The molecule has 26 heavy (non-hydrogen) atoms. The van der Waals surface area contributed by atoms with Gasteiger partial charge in [0, 0.05) is 22.0 Å². The van der Waals surface area contributed by atoms with Crippen LogP contribution in [0.4, 0.5) is 5.69 Å². The summed E-state index contributed by atoms with van der Waals surface area (Å²) in [5, 5.41) is 2.20. The van der Waals surface area contributed by atoms with E-state index in [0.29, 0.717) is 16.6 Å². The number of hydrogen-bond donors (Lipinski definition) is 2. The molecule has 3 aromatic carbocycles. The molecule has 0 spiro atoms. The van der Waals surface area contributed by atoms with Crippen LogP contribution in [-0.4, -0.2) is 13.4 Å². The predicted molar refractivity (Wildman–Crippen MR) is 104 cm³/mol.